The first-order chi connectivity index (χ1) is 9.57. The van der Waals surface area contributed by atoms with Crippen molar-refractivity contribution in [1.82, 2.24) is 5.32 Å². The van der Waals surface area contributed by atoms with Gasteiger partial charge in [0.1, 0.15) is 5.82 Å². The zero-order valence-corrected chi connectivity index (χ0v) is 11.7. The third-order valence-corrected chi connectivity index (χ3v) is 4.04. The highest BCUT2D eigenvalue weighted by atomic mass is 19.1. The molecule has 1 aliphatic heterocycles. The van der Waals surface area contributed by atoms with Crippen LogP contribution in [0.1, 0.15) is 31.4 Å². The van der Waals surface area contributed by atoms with Crippen LogP contribution in [0, 0.1) is 11.2 Å². The van der Waals surface area contributed by atoms with Crippen molar-refractivity contribution in [2.75, 3.05) is 19.8 Å². The van der Waals surface area contributed by atoms with E-state index in [1.54, 1.807) is 12.1 Å². The molecule has 1 aromatic carbocycles. The number of halogens is 1. The number of rotatable bonds is 4. The van der Waals surface area contributed by atoms with Crippen LogP contribution in [0.15, 0.2) is 24.3 Å². The van der Waals surface area contributed by atoms with E-state index < -0.39 is 5.41 Å². The summed E-state index contributed by atoms with van der Waals surface area (Å²) in [6, 6.07) is 5.98. The summed E-state index contributed by atoms with van der Waals surface area (Å²) < 4.78 is 18.2. The Morgan fingerprint density at radius 1 is 1.40 bits per heavy atom. The molecule has 0 saturated carbocycles. The molecule has 1 fully saturated rings. The van der Waals surface area contributed by atoms with Gasteiger partial charge < -0.3 is 15.8 Å². The van der Waals surface area contributed by atoms with Gasteiger partial charge in [-0.2, -0.15) is 0 Å². The first kappa shape index (κ1) is 14.9. The minimum atomic E-state index is -0.535. The molecule has 1 unspecified atom stereocenters. The smallest absolute Gasteiger partial charge is 0.228 e. The summed E-state index contributed by atoms with van der Waals surface area (Å²) in [7, 11) is 0. The molecular weight excluding hydrogens is 259 g/mol. The standard InChI is InChI=1S/C15H21FN2O2/c1-11(12-2-4-13(16)5-3-12)18-14(19)15(10-17)6-8-20-9-7-15/h2-5,11H,6-10,17H2,1H3,(H,18,19). The predicted octanol–water partition coefficient (Wildman–Crippen LogP) is 1.76. The van der Waals surface area contributed by atoms with Gasteiger partial charge in [0.25, 0.3) is 0 Å². The fourth-order valence-corrected chi connectivity index (χ4v) is 2.47. The van der Waals surface area contributed by atoms with E-state index in [0.29, 0.717) is 32.6 Å². The lowest BCUT2D eigenvalue weighted by Crippen LogP contribution is -2.49. The van der Waals surface area contributed by atoms with Crippen LogP contribution >= 0.6 is 0 Å². The first-order valence-electron chi connectivity index (χ1n) is 6.92. The molecule has 1 atom stereocenters. The number of hydrogen-bond donors (Lipinski definition) is 2. The number of nitrogens with one attached hydrogen (secondary N) is 1. The fourth-order valence-electron chi connectivity index (χ4n) is 2.47. The van der Waals surface area contributed by atoms with E-state index in [-0.39, 0.29) is 17.8 Å². The molecule has 1 aliphatic rings. The Bertz CT molecular complexity index is 455. The maximum absolute atomic E-state index is 12.9. The third-order valence-electron chi connectivity index (χ3n) is 4.04. The molecule has 5 heteroatoms. The summed E-state index contributed by atoms with van der Waals surface area (Å²) in [5, 5.41) is 2.98. The summed E-state index contributed by atoms with van der Waals surface area (Å²) in [6.07, 6.45) is 1.29. The molecular formula is C15H21FN2O2. The molecule has 0 bridgehead atoms. The van der Waals surface area contributed by atoms with Gasteiger partial charge >= 0.3 is 0 Å². The molecule has 0 aromatic heterocycles. The highest BCUT2D eigenvalue weighted by molar-refractivity contribution is 5.83. The summed E-state index contributed by atoms with van der Waals surface area (Å²) >= 11 is 0. The lowest BCUT2D eigenvalue weighted by atomic mass is 9.79. The number of carbonyl (C=O) groups excluding carboxylic acids is 1. The monoisotopic (exact) mass is 280 g/mol. The number of hydrogen-bond acceptors (Lipinski definition) is 3. The zero-order chi connectivity index (χ0) is 14.6. The maximum Gasteiger partial charge on any atom is 0.228 e. The number of benzene rings is 1. The van der Waals surface area contributed by atoms with Gasteiger partial charge in [-0.3, -0.25) is 4.79 Å². The second-order valence-corrected chi connectivity index (χ2v) is 5.34. The molecule has 1 amide bonds. The molecule has 1 saturated heterocycles. The molecule has 1 aromatic rings. The lowest BCUT2D eigenvalue weighted by molar-refractivity contribution is -0.136. The van der Waals surface area contributed by atoms with E-state index in [0.717, 1.165) is 5.56 Å². The van der Waals surface area contributed by atoms with Crippen LogP contribution in [0.3, 0.4) is 0 Å². The quantitative estimate of drug-likeness (QED) is 0.883. The Kier molecular flexibility index (Phi) is 4.73. The fraction of sp³-hybridized carbons (Fsp3) is 0.533. The first-order valence-corrected chi connectivity index (χ1v) is 6.92. The largest absolute Gasteiger partial charge is 0.381 e. The van der Waals surface area contributed by atoms with Gasteiger partial charge in [0, 0.05) is 19.8 Å². The van der Waals surface area contributed by atoms with Crippen LogP contribution in [-0.4, -0.2) is 25.7 Å². The van der Waals surface area contributed by atoms with Crippen molar-refractivity contribution in [2.24, 2.45) is 11.1 Å². The van der Waals surface area contributed by atoms with Crippen molar-refractivity contribution in [2.45, 2.75) is 25.8 Å². The van der Waals surface area contributed by atoms with Crippen LogP contribution in [0.4, 0.5) is 4.39 Å². The Balaban J connectivity index is 2.04. The zero-order valence-electron chi connectivity index (χ0n) is 11.7. The third kappa shape index (κ3) is 3.16. The minimum Gasteiger partial charge on any atom is -0.381 e. The number of carbonyl (C=O) groups is 1. The van der Waals surface area contributed by atoms with Gasteiger partial charge in [-0.25, -0.2) is 4.39 Å². The van der Waals surface area contributed by atoms with Crippen molar-refractivity contribution in [3.63, 3.8) is 0 Å². The molecule has 0 aliphatic carbocycles. The van der Waals surface area contributed by atoms with Crippen molar-refractivity contribution < 1.29 is 13.9 Å². The summed E-state index contributed by atoms with van der Waals surface area (Å²) in [5.41, 5.74) is 6.15. The van der Waals surface area contributed by atoms with E-state index in [9.17, 15) is 9.18 Å². The van der Waals surface area contributed by atoms with Crippen molar-refractivity contribution in [3.8, 4) is 0 Å². The van der Waals surface area contributed by atoms with Gasteiger partial charge in [-0.1, -0.05) is 12.1 Å². The molecule has 2 rings (SSSR count). The summed E-state index contributed by atoms with van der Waals surface area (Å²) in [6.45, 7) is 3.33. The summed E-state index contributed by atoms with van der Waals surface area (Å²) in [4.78, 5) is 12.5. The van der Waals surface area contributed by atoms with Crippen LogP contribution in [-0.2, 0) is 9.53 Å². The highest BCUT2D eigenvalue weighted by Crippen LogP contribution is 2.30. The Hall–Kier alpha value is -1.46. The average Bonchev–Trinajstić information content (AvgIpc) is 2.48. The van der Waals surface area contributed by atoms with E-state index in [4.69, 9.17) is 10.5 Å². The Morgan fingerprint density at radius 2 is 2.00 bits per heavy atom. The predicted molar refractivity (Wildman–Crippen MR) is 74.5 cm³/mol. The normalized spacial score (nSPS) is 19.4. The molecule has 4 nitrogen and oxygen atoms in total. The molecule has 3 N–H and O–H groups in total. The van der Waals surface area contributed by atoms with E-state index in [1.807, 2.05) is 6.92 Å². The highest BCUT2D eigenvalue weighted by Gasteiger charge is 2.39. The van der Waals surface area contributed by atoms with Crippen LogP contribution in [0.2, 0.25) is 0 Å². The number of ether oxygens (including phenoxy) is 1. The number of nitrogens with two attached hydrogens (primary N) is 1. The van der Waals surface area contributed by atoms with Crippen LogP contribution < -0.4 is 11.1 Å². The lowest BCUT2D eigenvalue weighted by Gasteiger charge is -2.35. The number of amides is 1. The molecule has 110 valence electrons. The van der Waals surface area contributed by atoms with Crippen molar-refractivity contribution >= 4 is 5.91 Å². The van der Waals surface area contributed by atoms with Gasteiger partial charge in [0.2, 0.25) is 5.91 Å². The van der Waals surface area contributed by atoms with Crippen LogP contribution in [0.25, 0.3) is 0 Å². The van der Waals surface area contributed by atoms with Gasteiger partial charge in [0.05, 0.1) is 11.5 Å². The second-order valence-electron chi connectivity index (χ2n) is 5.34. The molecule has 1 heterocycles. The topological polar surface area (TPSA) is 64.4 Å². The Morgan fingerprint density at radius 3 is 2.55 bits per heavy atom. The maximum atomic E-state index is 12.9. The SMILES string of the molecule is CC(NC(=O)C1(CN)CCOCC1)c1ccc(F)cc1. The molecule has 0 radical (unpaired) electrons. The van der Waals surface area contributed by atoms with Crippen molar-refractivity contribution in [3.05, 3.63) is 35.6 Å². The second kappa shape index (κ2) is 6.33. The van der Waals surface area contributed by atoms with Gasteiger partial charge in [0.15, 0.2) is 0 Å². The average molecular weight is 280 g/mol. The van der Waals surface area contributed by atoms with E-state index >= 15 is 0 Å². The van der Waals surface area contributed by atoms with E-state index in [2.05, 4.69) is 5.32 Å². The van der Waals surface area contributed by atoms with Crippen LogP contribution in [0.5, 0.6) is 0 Å². The summed E-state index contributed by atoms with van der Waals surface area (Å²) in [5.74, 6) is -0.324. The molecule has 20 heavy (non-hydrogen) atoms. The van der Waals surface area contributed by atoms with Crippen molar-refractivity contribution in [1.29, 1.82) is 0 Å². The minimum absolute atomic E-state index is 0.0416. The Labute approximate surface area is 118 Å². The van der Waals surface area contributed by atoms with Gasteiger partial charge in [-0.15, -0.1) is 0 Å². The molecule has 0 spiro atoms. The van der Waals surface area contributed by atoms with Gasteiger partial charge in [-0.05, 0) is 37.5 Å². The van der Waals surface area contributed by atoms with E-state index in [1.165, 1.54) is 12.1 Å².